The lowest BCUT2D eigenvalue weighted by Crippen LogP contribution is -2.78. The van der Waals surface area contributed by atoms with E-state index in [1.807, 2.05) is 0 Å². The van der Waals surface area contributed by atoms with Gasteiger partial charge in [0.1, 0.15) is 24.7 Å². The van der Waals surface area contributed by atoms with Gasteiger partial charge in [0.2, 0.25) is 0 Å². The van der Waals surface area contributed by atoms with Crippen LogP contribution in [0.3, 0.4) is 0 Å². The Morgan fingerprint density at radius 1 is 1.26 bits per heavy atom. The second kappa shape index (κ2) is 4.37. The first-order chi connectivity index (χ1) is 8.73. The van der Waals surface area contributed by atoms with Crippen molar-refractivity contribution in [1.82, 2.24) is 0 Å². The van der Waals surface area contributed by atoms with Gasteiger partial charge in [-0.2, -0.15) is 0 Å². The standard InChI is InChI=1S/C9H13NO9/c10-8-7(15)6(14)3(2-11)17-9(8,16)19-5(13)1-4(12)18-8/h3,6-7,11,14-16H,1-2,10H2/t3-,6-,7+,8+,9-/m1/s1. The number of carbonyl (C=O) groups is 2. The van der Waals surface area contributed by atoms with E-state index in [-0.39, 0.29) is 0 Å². The third-order valence-electron chi connectivity index (χ3n) is 2.95. The van der Waals surface area contributed by atoms with Gasteiger partial charge in [-0.1, -0.05) is 0 Å². The maximum absolute atomic E-state index is 11.3. The maximum Gasteiger partial charge on any atom is 0.387 e. The van der Waals surface area contributed by atoms with Crippen molar-refractivity contribution in [2.24, 2.45) is 5.73 Å². The highest BCUT2D eigenvalue weighted by molar-refractivity contribution is 5.92. The number of esters is 2. The molecule has 0 saturated carbocycles. The van der Waals surface area contributed by atoms with Gasteiger partial charge in [-0.15, -0.1) is 0 Å². The van der Waals surface area contributed by atoms with E-state index in [1.54, 1.807) is 0 Å². The highest BCUT2D eigenvalue weighted by Crippen LogP contribution is 2.38. The molecule has 0 amide bonds. The number of hydrogen-bond donors (Lipinski definition) is 5. The van der Waals surface area contributed by atoms with Crippen LogP contribution in [0.1, 0.15) is 6.42 Å². The maximum atomic E-state index is 11.3. The van der Waals surface area contributed by atoms with Crippen molar-refractivity contribution in [1.29, 1.82) is 0 Å². The minimum atomic E-state index is -3.01. The molecule has 5 atom stereocenters. The van der Waals surface area contributed by atoms with Gasteiger partial charge < -0.3 is 34.6 Å². The zero-order valence-corrected chi connectivity index (χ0v) is 9.55. The predicted molar refractivity (Wildman–Crippen MR) is 52.6 cm³/mol. The number of fused-ring (bicyclic) bond motifs is 1. The first-order valence-corrected chi connectivity index (χ1v) is 5.33. The van der Waals surface area contributed by atoms with Crippen LogP contribution < -0.4 is 5.73 Å². The van der Waals surface area contributed by atoms with Gasteiger partial charge in [0.15, 0.2) is 0 Å². The zero-order chi connectivity index (χ0) is 14.4. The van der Waals surface area contributed by atoms with Crippen LogP contribution in [0.4, 0.5) is 0 Å². The van der Waals surface area contributed by atoms with Gasteiger partial charge in [0, 0.05) is 0 Å². The SMILES string of the molecule is N[C@@]12OC(=O)CC(=O)O[C@]1(O)O[C@H](CO)[C@@H](O)[C@@H]2O. The van der Waals surface area contributed by atoms with E-state index in [0.29, 0.717) is 0 Å². The zero-order valence-electron chi connectivity index (χ0n) is 9.55. The third-order valence-corrected chi connectivity index (χ3v) is 2.95. The largest absolute Gasteiger partial charge is 0.430 e. The Morgan fingerprint density at radius 3 is 2.42 bits per heavy atom. The Bertz CT molecular complexity index is 414. The highest BCUT2D eigenvalue weighted by Gasteiger charge is 2.69. The summed E-state index contributed by atoms with van der Waals surface area (Å²) in [4.78, 5) is 22.5. The van der Waals surface area contributed by atoms with E-state index in [4.69, 9.17) is 15.6 Å². The first kappa shape index (κ1) is 14.1. The fraction of sp³-hybridized carbons (Fsp3) is 0.778. The number of ether oxygens (including phenoxy) is 3. The van der Waals surface area contributed by atoms with Crippen molar-refractivity contribution in [3.05, 3.63) is 0 Å². The number of carbonyl (C=O) groups excluding carboxylic acids is 2. The normalized spacial score (nSPS) is 46.9. The molecular formula is C9H13NO9. The van der Waals surface area contributed by atoms with Gasteiger partial charge in [0.05, 0.1) is 6.61 Å². The lowest BCUT2D eigenvalue weighted by Gasteiger charge is -2.49. The van der Waals surface area contributed by atoms with E-state index < -0.39 is 55.0 Å². The third kappa shape index (κ3) is 1.98. The van der Waals surface area contributed by atoms with Crippen LogP contribution in [0.5, 0.6) is 0 Å². The van der Waals surface area contributed by atoms with Crippen molar-refractivity contribution < 1.29 is 44.2 Å². The monoisotopic (exact) mass is 279 g/mol. The van der Waals surface area contributed by atoms with E-state index >= 15 is 0 Å². The molecule has 0 bridgehead atoms. The molecule has 0 aromatic rings. The fourth-order valence-electron chi connectivity index (χ4n) is 1.92. The Hall–Kier alpha value is -1.30. The summed E-state index contributed by atoms with van der Waals surface area (Å²) >= 11 is 0. The van der Waals surface area contributed by atoms with Crippen molar-refractivity contribution in [2.45, 2.75) is 36.4 Å². The van der Waals surface area contributed by atoms with E-state index in [2.05, 4.69) is 9.47 Å². The van der Waals surface area contributed by atoms with Gasteiger partial charge in [0.25, 0.3) is 5.72 Å². The number of nitrogens with two attached hydrogens (primary N) is 1. The molecular weight excluding hydrogens is 266 g/mol. The van der Waals surface area contributed by atoms with Crippen LogP contribution in [0, 0.1) is 0 Å². The molecule has 0 aromatic carbocycles. The van der Waals surface area contributed by atoms with E-state index in [1.165, 1.54) is 0 Å². The van der Waals surface area contributed by atoms with Crippen molar-refractivity contribution in [2.75, 3.05) is 6.61 Å². The van der Waals surface area contributed by atoms with Crippen LogP contribution in [-0.4, -0.2) is 69.0 Å². The average Bonchev–Trinajstić information content (AvgIpc) is 2.39. The Kier molecular flexibility index (Phi) is 3.24. The summed E-state index contributed by atoms with van der Waals surface area (Å²) in [7, 11) is 0. The molecule has 2 heterocycles. The molecule has 2 saturated heterocycles. The van der Waals surface area contributed by atoms with Crippen LogP contribution in [-0.2, 0) is 23.8 Å². The van der Waals surface area contributed by atoms with Gasteiger partial charge >= 0.3 is 17.9 Å². The molecule has 0 aliphatic carbocycles. The van der Waals surface area contributed by atoms with Crippen LogP contribution in [0.15, 0.2) is 0 Å². The molecule has 19 heavy (non-hydrogen) atoms. The summed E-state index contributed by atoms with van der Waals surface area (Å²) in [6, 6.07) is 0. The lowest BCUT2D eigenvalue weighted by molar-refractivity contribution is -0.461. The van der Waals surface area contributed by atoms with Gasteiger partial charge in [-0.25, -0.2) is 0 Å². The molecule has 0 aromatic heterocycles. The second-order valence-corrected chi connectivity index (χ2v) is 4.27. The van der Waals surface area contributed by atoms with E-state index in [0.717, 1.165) is 0 Å². The van der Waals surface area contributed by atoms with Crippen molar-refractivity contribution >= 4 is 11.9 Å². The number of rotatable bonds is 1. The molecule has 10 nitrogen and oxygen atoms in total. The molecule has 2 aliphatic heterocycles. The summed E-state index contributed by atoms with van der Waals surface area (Å²) in [6.07, 6.45) is -6.14. The lowest BCUT2D eigenvalue weighted by atomic mass is 9.92. The quantitative estimate of drug-likeness (QED) is 0.235. The molecule has 108 valence electrons. The summed E-state index contributed by atoms with van der Waals surface area (Å²) in [5, 5.41) is 38.5. The van der Waals surface area contributed by atoms with Crippen LogP contribution in [0.25, 0.3) is 0 Å². The predicted octanol–water partition coefficient (Wildman–Crippen LogP) is -4.11. The first-order valence-electron chi connectivity index (χ1n) is 5.33. The van der Waals surface area contributed by atoms with Crippen molar-refractivity contribution in [3.63, 3.8) is 0 Å². The van der Waals surface area contributed by atoms with Crippen molar-refractivity contribution in [3.8, 4) is 0 Å². The molecule has 2 fully saturated rings. The Morgan fingerprint density at radius 2 is 1.84 bits per heavy atom. The van der Waals surface area contributed by atoms with Crippen LogP contribution in [0.2, 0.25) is 0 Å². The molecule has 0 unspecified atom stereocenters. The minimum absolute atomic E-state index is 0.803. The fourth-order valence-corrected chi connectivity index (χ4v) is 1.92. The van der Waals surface area contributed by atoms with Gasteiger partial charge in [-0.3, -0.25) is 15.3 Å². The average molecular weight is 279 g/mol. The highest BCUT2D eigenvalue weighted by atomic mass is 16.9. The molecule has 0 spiro atoms. The minimum Gasteiger partial charge on any atom is -0.430 e. The number of hydrogen-bond acceptors (Lipinski definition) is 10. The molecule has 2 aliphatic rings. The van der Waals surface area contributed by atoms with E-state index in [9.17, 15) is 24.9 Å². The molecule has 2 rings (SSSR count). The molecule has 0 radical (unpaired) electrons. The Balaban J connectivity index is 2.45. The molecule has 10 heteroatoms. The summed E-state index contributed by atoms with van der Waals surface area (Å²) in [6.45, 7) is -0.803. The Labute approximate surface area is 106 Å². The second-order valence-electron chi connectivity index (χ2n) is 4.27. The smallest absolute Gasteiger partial charge is 0.387 e. The van der Waals surface area contributed by atoms with Gasteiger partial charge in [-0.05, 0) is 0 Å². The summed E-state index contributed by atoms with van der Waals surface area (Å²) in [5.41, 5.74) is 2.81. The molecule has 6 N–H and O–H groups in total. The summed E-state index contributed by atoms with van der Waals surface area (Å²) < 4.78 is 13.8. The number of aliphatic hydroxyl groups excluding tert-OH is 3. The number of aliphatic hydroxyl groups is 4. The van der Waals surface area contributed by atoms with Crippen LogP contribution >= 0.6 is 0 Å². The topological polar surface area (TPSA) is 169 Å². The summed E-state index contributed by atoms with van der Waals surface area (Å²) in [5.74, 6) is -5.37.